The maximum Gasteiger partial charge on any atom is 0.106 e. The first-order valence-corrected chi connectivity index (χ1v) is 3.80. The van der Waals surface area contributed by atoms with Crippen molar-refractivity contribution in [2.45, 2.75) is 13.8 Å². The van der Waals surface area contributed by atoms with Crippen LogP contribution in [0.2, 0.25) is 0 Å². The average Bonchev–Trinajstić information content (AvgIpc) is 1.82. The van der Waals surface area contributed by atoms with E-state index in [2.05, 4.69) is 20.9 Å². The lowest BCUT2D eigenvalue weighted by molar-refractivity contribution is 1.15. The van der Waals surface area contributed by atoms with Crippen molar-refractivity contribution in [2.24, 2.45) is 0 Å². The molecule has 0 radical (unpaired) electrons. The van der Waals surface area contributed by atoms with Crippen LogP contribution in [0.5, 0.6) is 0 Å². The molecule has 2 nitrogen and oxygen atoms in total. The molecular weight excluding hydrogens is 272 g/mol. The number of nitrogen functional groups attached to an aromatic ring is 1. The lowest BCUT2D eigenvalue weighted by atomic mass is 10.2. The van der Waals surface area contributed by atoms with Gasteiger partial charge >= 0.3 is 0 Å². The van der Waals surface area contributed by atoms with Crippen LogP contribution in [0.4, 0.5) is 5.69 Å². The monoisotopic (exact) mass is 280 g/mol. The fourth-order valence-corrected chi connectivity index (χ4v) is 1.40. The largest absolute Gasteiger partial charge is 0.397 e. The minimum atomic E-state index is 0. The maximum absolute atomic E-state index is 5.67. The molecule has 1 aromatic heterocycles. The van der Waals surface area contributed by atoms with Crippen molar-refractivity contribution in [1.29, 1.82) is 0 Å². The van der Waals surface area contributed by atoms with E-state index < -0.39 is 0 Å². The quantitative estimate of drug-likeness (QED) is 0.743. The summed E-state index contributed by atoms with van der Waals surface area (Å²) in [5, 5.41) is 0. The third-order valence-electron chi connectivity index (χ3n) is 1.42. The molecule has 0 saturated carbocycles. The molecule has 0 aliphatic heterocycles. The van der Waals surface area contributed by atoms with E-state index in [1.54, 1.807) is 0 Å². The number of hydrogen-bond acceptors (Lipinski definition) is 2. The number of halogens is 2. The summed E-state index contributed by atoms with van der Waals surface area (Å²) in [6.45, 7) is 3.86. The summed E-state index contributed by atoms with van der Waals surface area (Å²) >= 11 is 3.28. The van der Waals surface area contributed by atoms with Crippen LogP contribution < -0.4 is 5.73 Å². The Labute approximate surface area is 85.1 Å². The summed E-state index contributed by atoms with van der Waals surface area (Å²) in [5.74, 6) is 0. The van der Waals surface area contributed by atoms with Gasteiger partial charge in [-0.05, 0) is 41.4 Å². The van der Waals surface area contributed by atoms with Crippen molar-refractivity contribution < 1.29 is 0 Å². The molecule has 0 aliphatic rings. The number of anilines is 1. The van der Waals surface area contributed by atoms with E-state index in [9.17, 15) is 0 Å². The Morgan fingerprint density at radius 2 is 2.00 bits per heavy atom. The second-order valence-corrected chi connectivity index (χ2v) is 3.07. The minimum absolute atomic E-state index is 0. The van der Waals surface area contributed by atoms with Gasteiger partial charge in [0, 0.05) is 0 Å². The van der Waals surface area contributed by atoms with Gasteiger partial charge in [-0.1, -0.05) is 0 Å². The molecular formula is C7H10Br2N2. The number of aromatic nitrogens is 1. The van der Waals surface area contributed by atoms with Gasteiger partial charge in [-0.3, -0.25) is 0 Å². The number of hydrogen-bond donors (Lipinski definition) is 1. The normalized spacial score (nSPS) is 9.00. The van der Waals surface area contributed by atoms with Gasteiger partial charge in [0.25, 0.3) is 0 Å². The zero-order chi connectivity index (χ0) is 7.72. The predicted octanol–water partition coefficient (Wildman–Crippen LogP) is 2.62. The molecule has 11 heavy (non-hydrogen) atoms. The van der Waals surface area contributed by atoms with Crippen molar-refractivity contribution in [3.8, 4) is 0 Å². The Hall–Kier alpha value is -0.0900. The molecule has 1 rings (SSSR count). The lowest BCUT2D eigenvalue weighted by Gasteiger charge is -2.02. The summed E-state index contributed by atoms with van der Waals surface area (Å²) in [6.07, 6.45) is 0. The molecule has 2 N–H and O–H groups in total. The Morgan fingerprint density at radius 3 is 2.45 bits per heavy atom. The predicted molar refractivity (Wildman–Crippen MR) is 56.1 cm³/mol. The van der Waals surface area contributed by atoms with Crippen LogP contribution in [0.3, 0.4) is 0 Å². The van der Waals surface area contributed by atoms with Gasteiger partial charge in [0.1, 0.15) is 4.60 Å². The smallest absolute Gasteiger partial charge is 0.106 e. The first kappa shape index (κ1) is 10.9. The van der Waals surface area contributed by atoms with Crippen LogP contribution in [-0.4, -0.2) is 4.98 Å². The van der Waals surface area contributed by atoms with Gasteiger partial charge in [-0.15, -0.1) is 17.0 Å². The Balaban J connectivity index is 0.000001000. The fraction of sp³-hybridized carbons (Fsp3) is 0.286. The van der Waals surface area contributed by atoms with E-state index in [0.717, 1.165) is 21.5 Å². The molecule has 0 aliphatic carbocycles. The molecule has 0 aromatic carbocycles. The Bertz CT molecular complexity index is 238. The SMILES string of the molecule is Br.Cc1cc(Br)nc(C)c1N. The highest BCUT2D eigenvalue weighted by Gasteiger charge is 1.99. The van der Waals surface area contributed by atoms with Crippen LogP contribution in [0.15, 0.2) is 10.7 Å². The van der Waals surface area contributed by atoms with Crippen LogP contribution in [-0.2, 0) is 0 Å². The second kappa shape index (κ2) is 4.07. The molecule has 0 bridgehead atoms. The summed E-state index contributed by atoms with van der Waals surface area (Å²) in [5.41, 5.74) is 8.40. The number of nitrogens with two attached hydrogens (primary N) is 1. The van der Waals surface area contributed by atoms with Crippen molar-refractivity contribution in [2.75, 3.05) is 5.73 Å². The van der Waals surface area contributed by atoms with Crippen LogP contribution in [0.1, 0.15) is 11.3 Å². The third-order valence-corrected chi connectivity index (χ3v) is 1.83. The van der Waals surface area contributed by atoms with Crippen molar-refractivity contribution in [1.82, 2.24) is 4.98 Å². The van der Waals surface area contributed by atoms with Gasteiger partial charge in [0.2, 0.25) is 0 Å². The van der Waals surface area contributed by atoms with Crippen LogP contribution in [0.25, 0.3) is 0 Å². The second-order valence-electron chi connectivity index (χ2n) is 2.26. The summed E-state index contributed by atoms with van der Waals surface area (Å²) < 4.78 is 0.844. The summed E-state index contributed by atoms with van der Waals surface area (Å²) in [6, 6.07) is 1.91. The van der Waals surface area contributed by atoms with E-state index in [1.807, 2.05) is 19.9 Å². The molecule has 0 amide bonds. The molecule has 1 aromatic rings. The van der Waals surface area contributed by atoms with E-state index in [1.165, 1.54) is 0 Å². The molecule has 1 heterocycles. The number of nitrogens with zero attached hydrogens (tertiary/aromatic N) is 1. The number of aryl methyl sites for hydroxylation is 2. The maximum atomic E-state index is 5.67. The highest BCUT2D eigenvalue weighted by atomic mass is 79.9. The fourth-order valence-electron chi connectivity index (χ4n) is 0.794. The van der Waals surface area contributed by atoms with Crippen molar-refractivity contribution >= 4 is 38.6 Å². The zero-order valence-electron chi connectivity index (χ0n) is 6.39. The summed E-state index contributed by atoms with van der Waals surface area (Å²) in [4.78, 5) is 4.13. The molecule has 0 fully saturated rings. The van der Waals surface area contributed by atoms with Crippen molar-refractivity contribution in [3.05, 3.63) is 21.9 Å². The standard InChI is InChI=1S/C7H9BrN2.BrH/c1-4-3-6(8)10-5(2)7(4)9;/h3H,9H2,1-2H3;1H. The molecule has 4 heteroatoms. The number of rotatable bonds is 0. The first-order chi connectivity index (χ1) is 4.61. The first-order valence-electron chi connectivity index (χ1n) is 3.00. The topological polar surface area (TPSA) is 38.9 Å². The zero-order valence-corrected chi connectivity index (χ0v) is 9.69. The highest BCUT2D eigenvalue weighted by molar-refractivity contribution is 9.10. The van der Waals surface area contributed by atoms with Gasteiger partial charge in [-0.25, -0.2) is 4.98 Å². The number of pyridine rings is 1. The Kier molecular flexibility index (Phi) is 4.03. The van der Waals surface area contributed by atoms with Gasteiger partial charge in [0.15, 0.2) is 0 Å². The van der Waals surface area contributed by atoms with Gasteiger partial charge in [0.05, 0.1) is 11.4 Å². The van der Waals surface area contributed by atoms with E-state index >= 15 is 0 Å². The molecule has 0 saturated heterocycles. The van der Waals surface area contributed by atoms with Crippen LogP contribution in [0, 0.1) is 13.8 Å². The molecule has 62 valence electrons. The molecule has 0 unspecified atom stereocenters. The molecule has 0 spiro atoms. The lowest BCUT2D eigenvalue weighted by Crippen LogP contribution is -1.96. The molecule has 0 atom stereocenters. The minimum Gasteiger partial charge on any atom is -0.397 e. The van der Waals surface area contributed by atoms with Gasteiger partial charge in [-0.2, -0.15) is 0 Å². The third kappa shape index (κ3) is 2.45. The van der Waals surface area contributed by atoms with E-state index in [-0.39, 0.29) is 17.0 Å². The Morgan fingerprint density at radius 1 is 1.45 bits per heavy atom. The van der Waals surface area contributed by atoms with Gasteiger partial charge < -0.3 is 5.73 Å². The average molecular weight is 282 g/mol. The highest BCUT2D eigenvalue weighted by Crippen LogP contribution is 2.17. The summed E-state index contributed by atoms with van der Waals surface area (Å²) in [7, 11) is 0. The van der Waals surface area contributed by atoms with Crippen LogP contribution >= 0.6 is 32.9 Å². The van der Waals surface area contributed by atoms with E-state index in [4.69, 9.17) is 5.73 Å². The van der Waals surface area contributed by atoms with E-state index in [0.29, 0.717) is 0 Å². The van der Waals surface area contributed by atoms with Crippen molar-refractivity contribution in [3.63, 3.8) is 0 Å².